The highest BCUT2D eigenvalue weighted by molar-refractivity contribution is 7.89. The van der Waals surface area contributed by atoms with E-state index in [1.54, 1.807) is 0 Å². The first kappa shape index (κ1) is 25.4. The van der Waals surface area contributed by atoms with Gasteiger partial charge in [-0.2, -0.15) is 35.9 Å². The van der Waals surface area contributed by atoms with Crippen LogP contribution in [0.2, 0.25) is 0 Å². The van der Waals surface area contributed by atoms with Gasteiger partial charge in [-0.15, -0.1) is 0 Å². The van der Waals surface area contributed by atoms with Crippen molar-refractivity contribution in [3.63, 3.8) is 0 Å². The second kappa shape index (κ2) is 7.92. The summed E-state index contributed by atoms with van der Waals surface area (Å²) < 4.78 is 105. The van der Waals surface area contributed by atoms with Crippen LogP contribution < -0.4 is 0 Å². The van der Waals surface area contributed by atoms with Crippen molar-refractivity contribution in [1.82, 2.24) is 4.31 Å². The zero-order valence-corrected chi connectivity index (χ0v) is 18.5. The van der Waals surface area contributed by atoms with Gasteiger partial charge in [-0.3, -0.25) is 0 Å². The normalized spacial score (nSPS) is 27.2. The molecule has 188 valence electrons. The molecule has 1 saturated carbocycles. The highest BCUT2D eigenvalue weighted by Crippen LogP contribution is 2.68. The van der Waals surface area contributed by atoms with Crippen molar-refractivity contribution < 1.29 is 45.0 Å². The van der Waals surface area contributed by atoms with Crippen LogP contribution in [0, 0.1) is 16.7 Å². The molecule has 0 aromatic heterocycles. The van der Waals surface area contributed by atoms with E-state index in [1.165, 1.54) is 18.2 Å². The molecule has 13 heteroatoms. The van der Waals surface area contributed by atoms with E-state index in [0.717, 1.165) is 16.4 Å². The largest absolute Gasteiger partial charge is 0.416 e. The number of sulfonamides is 1. The Kier molecular flexibility index (Phi) is 5.76. The third-order valence-electron chi connectivity index (χ3n) is 6.85. The fourth-order valence-electron chi connectivity index (χ4n) is 4.84. The fraction of sp³-hybridized carbons (Fsp3) is 0.409. The molecule has 1 saturated heterocycles. The van der Waals surface area contributed by atoms with Gasteiger partial charge in [-0.25, -0.2) is 8.42 Å². The van der Waals surface area contributed by atoms with E-state index in [4.69, 9.17) is 0 Å². The number of rotatable bonds is 4. The van der Waals surface area contributed by atoms with E-state index in [0.29, 0.717) is 23.8 Å². The third-order valence-corrected chi connectivity index (χ3v) is 8.70. The molecule has 0 amide bonds. The minimum absolute atomic E-state index is 0.166. The monoisotopic (exact) mass is 520 g/mol. The maximum Gasteiger partial charge on any atom is 0.416 e. The van der Waals surface area contributed by atoms with E-state index in [2.05, 4.69) is 0 Å². The van der Waals surface area contributed by atoms with Crippen LogP contribution in [0.3, 0.4) is 0 Å². The minimum Gasteiger partial charge on any atom is -0.393 e. The Morgan fingerprint density at radius 3 is 2.09 bits per heavy atom. The van der Waals surface area contributed by atoms with Gasteiger partial charge < -0.3 is 10.2 Å². The number of benzene rings is 2. The molecule has 2 aromatic carbocycles. The van der Waals surface area contributed by atoms with Crippen LogP contribution in [-0.2, 0) is 22.4 Å². The Balaban J connectivity index is 1.66. The summed E-state index contributed by atoms with van der Waals surface area (Å²) >= 11 is 0. The van der Waals surface area contributed by atoms with Crippen molar-refractivity contribution in [1.29, 1.82) is 5.26 Å². The van der Waals surface area contributed by atoms with Gasteiger partial charge in [0.2, 0.25) is 10.0 Å². The van der Waals surface area contributed by atoms with E-state index >= 15 is 0 Å². The van der Waals surface area contributed by atoms with Gasteiger partial charge in [0.25, 0.3) is 0 Å². The van der Waals surface area contributed by atoms with Crippen molar-refractivity contribution in [2.24, 2.45) is 5.41 Å². The first-order chi connectivity index (χ1) is 16.1. The van der Waals surface area contributed by atoms with Crippen LogP contribution in [0.1, 0.15) is 34.6 Å². The molecule has 1 aliphatic carbocycles. The maximum atomic E-state index is 13.3. The molecule has 1 unspecified atom stereocenters. The minimum atomic E-state index is -4.80. The Labute approximate surface area is 196 Å². The second-order valence-electron chi connectivity index (χ2n) is 8.82. The van der Waals surface area contributed by atoms with E-state index < -0.39 is 74.0 Å². The molecule has 2 fully saturated rings. The Morgan fingerprint density at radius 2 is 1.57 bits per heavy atom. The second-order valence-corrected chi connectivity index (χ2v) is 10.7. The SMILES string of the molecule is N#Cc1cc(C(F)(F)F)ccc1S(=O)(=O)N1CC2(C[C@H]2c2ccc(C(F)(F)F)cc2)[C@](O)(CO)C1. The number of aliphatic hydroxyl groups is 2. The molecular weight excluding hydrogens is 502 g/mol. The summed E-state index contributed by atoms with van der Waals surface area (Å²) in [6.07, 6.45) is -9.19. The molecule has 0 bridgehead atoms. The molecule has 1 spiro atoms. The predicted octanol–water partition coefficient (Wildman–Crippen LogP) is 3.50. The van der Waals surface area contributed by atoms with Gasteiger partial charge in [0.15, 0.2) is 0 Å². The van der Waals surface area contributed by atoms with E-state index in [1.807, 2.05) is 0 Å². The summed E-state index contributed by atoms with van der Waals surface area (Å²) in [5, 5.41) is 30.3. The van der Waals surface area contributed by atoms with Crippen LogP contribution in [0.4, 0.5) is 26.3 Å². The lowest BCUT2D eigenvalue weighted by molar-refractivity contribution is -0.138. The molecule has 6 nitrogen and oxygen atoms in total. The highest BCUT2D eigenvalue weighted by Gasteiger charge is 2.71. The summed E-state index contributed by atoms with van der Waals surface area (Å²) in [4.78, 5) is -0.683. The Hall–Kier alpha value is -2.66. The Bertz CT molecular complexity index is 1300. The summed E-state index contributed by atoms with van der Waals surface area (Å²) in [5.74, 6) is -0.565. The molecule has 2 N–H and O–H groups in total. The number of nitriles is 1. The maximum absolute atomic E-state index is 13.3. The molecule has 3 atom stereocenters. The number of nitrogens with zero attached hydrogens (tertiary/aromatic N) is 2. The zero-order chi connectivity index (χ0) is 26.0. The van der Waals surface area contributed by atoms with Gasteiger partial charge in [0.05, 0.1) is 28.2 Å². The van der Waals surface area contributed by atoms with Gasteiger partial charge in [-0.05, 0) is 48.2 Å². The average Bonchev–Trinajstić information content (AvgIpc) is 3.44. The number of alkyl halides is 6. The van der Waals surface area contributed by atoms with Crippen molar-refractivity contribution in [2.75, 3.05) is 19.7 Å². The predicted molar refractivity (Wildman–Crippen MR) is 108 cm³/mol. The van der Waals surface area contributed by atoms with Crippen LogP contribution in [-0.4, -0.2) is 48.2 Å². The van der Waals surface area contributed by atoms with Crippen molar-refractivity contribution in [3.05, 3.63) is 64.7 Å². The van der Waals surface area contributed by atoms with Crippen LogP contribution in [0.15, 0.2) is 47.4 Å². The zero-order valence-electron chi connectivity index (χ0n) is 17.7. The lowest BCUT2D eigenvalue weighted by atomic mass is 9.84. The molecule has 0 radical (unpaired) electrons. The lowest BCUT2D eigenvalue weighted by Gasteiger charge is -2.28. The van der Waals surface area contributed by atoms with Crippen molar-refractivity contribution in [3.8, 4) is 6.07 Å². The highest BCUT2D eigenvalue weighted by atomic mass is 32.2. The van der Waals surface area contributed by atoms with Crippen LogP contribution >= 0.6 is 0 Å². The number of hydrogen-bond donors (Lipinski definition) is 2. The lowest BCUT2D eigenvalue weighted by Crippen LogP contribution is -2.44. The van der Waals surface area contributed by atoms with E-state index in [9.17, 15) is 50.2 Å². The van der Waals surface area contributed by atoms with Gasteiger partial charge in [0, 0.05) is 18.5 Å². The van der Waals surface area contributed by atoms with Crippen LogP contribution in [0.25, 0.3) is 0 Å². The fourth-order valence-corrected chi connectivity index (χ4v) is 6.52. The smallest absolute Gasteiger partial charge is 0.393 e. The summed E-state index contributed by atoms with van der Waals surface area (Å²) in [7, 11) is -4.56. The molecular formula is C22H18F6N2O4S. The number of β-amino-alcohol motifs (C(OH)–C–C–N with tert-alkyl or cyclic N) is 1. The number of aliphatic hydroxyl groups excluding tert-OH is 1. The quantitative estimate of drug-likeness (QED) is 0.601. The van der Waals surface area contributed by atoms with Crippen molar-refractivity contribution >= 4 is 10.0 Å². The average molecular weight is 520 g/mol. The first-order valence-electron chi connectivity index (χ1n) is 10.2. The molecule has 35 heavy (non-hydrogen) atoms. The van der Waals surface area contributed by atoms with Crippen LogP contribution in [0.5, 0.6) is 0 Å². The molecule has 1 heterocycles. The standard InChI is InChI=1S/C22H18F6N2O4S/c23-21(24,25)15-3-1-13(2-4-15)17-8-19(17)10-30(11-20(19,32)12-31)35(33,34)18-6-5-16(22(26,27)28)7-14(18)9-29/h1-7,17,31-32H,8,10-12H2/t17-,19?,20+/m0/s1. The number of halogens is 6. The molecule has 2 aliphatic rings. The van der Waals surface area contributed by atoms with E-state index in [-0.39, 0.29) is 13.0 Å². The van der Waals surface area contributed by atoms with Crippen molar-refractivity contribution in [2.45, 2.75) is 35.2 Å². The summed E-state index contributed by atoms with van der Waals surface area (Å²) in [6.45, 7) is -1.80. The summed E-state index contributed by atoms with van der Waals surface area (Å²) in [5.41, 5.74) is -5.57. The Morgan fingerprint density at radius 1 is 1.00 bits per heavy atom. The molecule has 4 rings (SSSR count). The topological polar surface area (TPSA) is 102 Å². The number of hydrogen-bond acceptors (Lipinski definition) is 5. The molecule has 1 aliphatic heterocycles. The third kappa shape index (κ3) is 4.08. The molecule has 2 aromatic rings. The summed E-state index contributed by atoms with van der Waals surface area (Å²) in [6, 6.07) is 7.24. The van der Waals surface area contributed by atoms with Gasteiger partial charge in [-0.1, -0.05) is 12.1 Å². The van der Waals surface area contributed by atoms with Gasteiger partial charge in [0.1, 0.15) is 11.7 Å². The first-order valence-corrected chi connectivity index (χ1v) is 11.6. The van der Waals surface area contributed by atoms with Gasteiger partial charge >= 0.3 is 12.4 Å².